The van der Waals surface area contributed by atoms with Crippen molar-refractivity contribution < 1.29 is 0 Å². The Morgan fingerprint density at radius 3 is 2.40 bits per heavy atom. The summed E-state index contributed by atoms with van der Waals surface area (Å²) in [6.07, 6.45) is 13.0. The van der Waals surface area contributed by atoms with E-state index in [0.29, 0.717) is 5.02 Å². The lowest BCUT2D eigenvalue weighted by atomic mass is 10.0. The molecule has 0 aliphatic rings. The summed E-state index contributed by atoms with van der Waals surface area (Å²) in [5.74, 6) is 0. The highest BCUT2D eigenvalue weighted by Crippen LogP contribution is 2.25. The molecule has 1 unspecified atom stereocenters. The van der Waals surface area contributed by atoms with Gasteiger partial charge >= 0.3 is 0 Å². The second kappa shape index (κ2) is 10.2. The highest BCUT2D eigenvalue weighted by atomic mass is 35.5. The summed E-state index contributed by atoms with van der Waals surface area (Å²) in [7, 11) is 0. The quantitative estimate of drug-likeness (QED) is 0.579. The first kappa shape index (κ1) is 17.5. The van der Waals surface area contributed by atoms with Gasteiger partial charge < -0.3 is 5.73 Å². The molecule has 1 heterocycles. The van der Waals surface area contributed by atoms with Crippen molar-refractivity contribution >= 4 is 11.6 Å². The van der Waals surface area contributed by atoms with E-state index in [1.165, 1.54) is 44.9 Å². The zero-order valence-corrected chi connectivity index (χ0v) is 13.8. The van der Waals surface area contributed by atoms with Crippen molar-refractivity contribution in [2.45, 2.75) is 84.2 Å². The summed E-state index contributed by atoms with van der Waals surface area (Å²) in [5.41, 5.74) is 7.30. The molecule has 1 atom stereocenters. The van der Waals surface area contributed by atoms with Crippen LogP contribution in [0.15, 0.2) is 6.20 Å². The molecule has 0 saturated carbocycles. The molecule has 1 aromatic rings. The van der Waals surface area contributed by atoms with Crippen LogP contribution in [0.25, 0.3) is 0 Å². The Hall–Kier alpha value is -0.540. The fourth-order valence-electron chi connectivity index (χ4n) is 2.59. The van der Waals surface area contributed by atoms with Crippen molar-refractivity contribution in [2.24, 2.45) is 5.73 Å². The molecule has 0 amide bonds. The molecule has 20 heavy (non-hydrogen) atoms. The third-order valence-corrected chi connectivity index (χ3v) is 4.03. The van der Waals surface area contributed by atoms with Gasteiger partial charge in [0.05, 0.1) is 16.9 Å². The van der Waals surface area contributed by atoms with Crippen LogP contribution in [0.4, 0.5) is 0 Å². The van der Waals surface area contributed by atoms with Crippen molar-refractivity contribution in [3.05, 3.63) is 16.9 Å². The van der Waals surface area contributed by atoms with Crippen LogP contribution < -0.4 is 5.73 Å². The Labute approximate surface area is 128 Å². The summed E-state index contributed by atoms with van der Waals surface area (Å²) in [6, 6.07) is 0.0205. The number of aryl methyl sites for hydroxylation is 1. The molecule has 0 fully saturated rings. The largest absolute Gasteiger partial charge is 0.323 e. The Bertz CT molecular complexity index is 363. The van der Waals surface area contributed by atoms with Crippen LogP contribution in [0, 0.1) is 0 Å². The molecule has 0 bridgehead atoms. The summed E-state index contributed by atoms with van der Waals surface area (Å²) < 4.78 is 1.97. The number of nitrogens with zero attached hydrogens (tertiary/aromatic N) is 2. The highest BCUT2D eigenvalue weighted by Gasteiger charge is 2.16. The molecule has 3 nitrogen and oxygen atoms in total. The number of halogens is 1. The summed E-state index contributed by atoms with van der Waals surface area (Å²) in [5, 5.41) is 5.03. The summed E-state index contributed by atoms with van der Waals surface area (Å²) in [4.78, 5) is 0. The minimum Gasteiger partial charge on any atom is -0.323 e. The van der Waals surface area contributed by atoms with E-state index in [1.807, 2.05) is 4.68 Å². The lowest BCUT2D eigenvalue weighted by Gasteiger charge is -2.14. The Kier molecular flexibility index (Phi) is 8.95. The summed E-state index contributed by atoms with van der Waals surface area (Å²) >= 11 is 6.21. The SMILES string of the molecule is CCCCCCCCCC(N)c1c(Cl)cnn1CCC. The first-order valence-corrected chi connectivity index (χ1v) is 8.55. The van der Waals surface area contributed by atoms with E-state index < -0.39 is 0 Å². The zero-order chi connectivity index (χ0) is 14.8. The van der Waals surface area contributed by atoms with Gasteiger partial charge in [-0.3, -0.25) is 4.68 Å². The van der Waals surface area contributed by atoms with Crippen LogP contribution in [0.2, 0.25) is 5.02 Å². The van der Waals surface area contributed by atoms with Gasteiger partial charge in [0.25, 0.3) is 0 Å². The van der Waals surface area contributed by atoms with Crippen molar-refractivity contribution in [3.63, 3.8) is 0 Å². The Balaban J connectivity index is 2.28. The molecule has 0 aliphatic carbocycles. The van der Waals surface area contributed by atoms with Crippen molar-refractivity contribution in [1.82, 2.24) is 9.78 Å². The number of unbranched alkanes of at least 4 members (excludes halogenated alkanes) is 6. The van der Waals surface area contributed by atoms with Gasteiger partial charge in [-0.05, 0) is 12.8 Å². The number of rotatable bonds is 11. The molecule has 1 aromatic heterocycles. The van der Waals surface area contributed by atoms with E-state index in [0.717, 1.165) is 25.1 Å². The van der Waals surface area contributed by atoms with Gasteiger partial charge in [0.1, 0.15) is 0 Å². The molecule has 116 valence electrons. The molecule has 0 saturated heterocycles. The van der Waals surface area contributed by atoms with E-state index in [-0.39, 0.29) is 6.04 Å². The monoisotopic (exact) mass is 299 g/mol. The molecule has 1 rings (SSSR count). The molecular weight excluding hydrogens is 270 g/mol. The lowest BCUT2D eigenvalue weighted by Crippen LogP contribution is -2.17. The lowest BCUT2D eigenvalue weighted by molar-refractivity contribution is 0.495. The standard InChI is InChI=1S/C16H30ClN3/c1-3-5-6-7-8-9-10-11-15(18)16-14(17)13-19-20(16)12-4-2/h13,15H,3-12,18H2,1-2H3. The van der Waals surface area contributed by atoms with E-state index in [2.05, 4.69) is 18.9 Å². The molecular formula is C16H30ClN3. The van der Waals surface area contributed by atoms with E-state index >= 15 is 0 Å². The third kappa shape index (κ3) is 5.84. The van der Waals surface area contributed by atoms with E-state index in [4.69, 9.17) is 17.3 Å². The molecule has 0 spiro atoms. The highest BCUT2D eigenvalue weighted by molar-refractivity contribution is 6.31. The maximum absolute atomic E-state index is 6.29. The van der Waals surface area contributed by atoms with Crippen LogP contribution in [-0.4, -0.2) is 9.78 Å². The van der Waals surface area contributed by atoms with Crippen molar-refractivity contribution in [3.8, 4) is 0 Å². The predicted octanol–water partition coefficient (Wildman–Crippen LogP) is 5.09. The number of hydrogen-bond acceptors (Lipinski definition) is 2. The average Bonchev–Trinajstić information content (AvgIpc) is 2.79. The van der Waals surface area contributed by atoms with Crippen molar-refractivity contribution in [1.29, 1.82) is 0 Å². The fourth-order valence-corrected chi connectivity index (χ4v) is 2.87. The Morgan fingerprint density at radius 1 is 1.10 bits per heavy atom. The minimum absolute atomic E-state index is 0.0205. The molecule has 4 heteroatoms. The summed E-state index contributed by atoms with van der Waals surface area (Å²) in [6.45, 7) is 5.29. The average molecular weight is 300 g/mol. The van der Waals surface area contributed by atoms with Gasteiger partial charge in [-0.15, -0.1) is 0 Å². The van der Waals surface area contributed by atoms with Crippen LogP contribution in [0.1, 0.15) is 83.4 Å². The maximum atomic E-state index is 6.29. The normalized spacial score (nSPS) is 12.8. The first-order valence-electron chi connectivity index (χ1n) is 8.17. The zero-order valence-electron chi connectivity index (χ0n) is 13.1. The molecule has 2 N–H and O–H groups in total. The van der Waals surface area contributed by atoms with Gasteiger partial charge in [-0.1, -0.05) is 70.4 Å². The molecule has 0 aliphatic heterocycles. The van der Waals surface area contributed by atoms with Gasteiger partial charge in [0, 0.05) is 12.6 Å². The number of aromatic nitrogens is 2. The minimum atomic E-state index is 0.0205. The number of hydrogen-bond donors (Lipinski definition) is 1. The fraction of sp³-hybridized carbons (Fsp3) is 0.812. The second-order valence-corrected chi connectivity index (χ2v) is 6.02. The molecule has 0 radical (unpaired) electrons. The Morgan fingerprint density at radius 2 is 1.75 bits per heavy atom. The maximum Gasteiger partial charge on any atom is 0.0834 e. The van der Waals surface area contributed by atoms with E-state index in [1.54, 1.807) is 6.20 Å². The van der Waals surface area contributed by atoms with Gasteiger partial charge in [0.15, 0.2) is 0 Å². The second-order valence-electron chi connectivity index (χ2n) is 5.62. The molecule has 0 aromatic carbocycles. The topological polar surface area (TPSA) is 43.8 Å². The number of nitrogens with two attached hydrogens (primary N) is 1. The van der Waals surface area contributed by atoms with Gasteiger partial charge in [-0.25, -0.2) is 0 Å². The van der Waals surface area contributed by atoms with Crippen LogP contribution in [-0.2, 0) is 6.54 Å². The van der Waals surface area contributed by atoms with Crippen LogP contribution >= 0.6 is 11.6 Å². The van der Waals surface area contributed by atoms with Crippen LogP contribution in [0.3, 0.4) is 0 Å². The van der Waals surface area contributed by atoms with Gasteiger partial charge in [-0.2, -0.15) is 5.10 Å². The van der Waals surface area contributed by atoms with Crippen molar-refractivity contribution in [2.75, 3.05) is 0 Å². The predicted molar refractivity (Wildman–Crippen MR) is 87.1 cm³/mol. The first-order chi connectivity index (χ1) is 9.70. The third-order valence-electron chi connectivity index (χ3n) is 3.74. The van der Waals surface area contributed by atoms with E-state index in [9.17, 15) is 0 Å². The van der Waals surface area contributed by atoms with Crippen LogP contribution in [0.5, 0.6) is 0 Å². The van der Waals surface area contributed by atoms with Gasteiger partial charge in [0.2, 0.25) is 0 Å². The smallest absolute Gasteiger partial charge is 0.0834 e.